The van der Waals surface area contributed by atoms with Gasteiger partial charge in [-0.15, -0.1) is 0 Å². The van der Waals surface area contributed by atoms with Gasteiger partial charge < -0.3 is 14.8 Å². The number of nitrogens with one attached hydrogen (secondary N) is 1. The highest BCUT2D eigenvalue weighted by atomic mass is 19.1. The van der Waals surface area contributed by atoms with Gasteiger partial charge in [-0.3, -0.25) is 0 Å². The molecule has 1 N–H and O–H groups in total. The molecule has 0 amide bonds. The SMILES string of the molecule is CCNCc1ccc(OCOC)c(F)c1. The topological polar surface area (TPSA) is 30.5 Å². The van der Waals surface area contributed by atoms with Crippen molar-refractivity contribution in [1.29, 1.82) is 0 Å². The minimum absolute atomic E-state index is 0.0590. The number of benzene rings is 1. The van der Waals surface area contributed by atoms with Gasteiger partial charge in [0.05, 0.1) is 0 Å². The van der Waals surface area contributed by atoms with Crippen molar-refractivity contribution in [3.8, 4) is 5.75 Å². The van der Waals surface area contributed by atoms with Crippen molar-refractivity contribution in [3.63, 3.8) is 0 Å². The average molecular weight is 213 g/mol. The monoisotopic (exact) mass is 213 g/mol. The average Bonchev–Trinajstić information content (AvgIpc) is 2.25. The van der Waals surface area contributed by atoms with Crippen molar-refractivity contribution in [2.75, 3.05) is 20.4 Å². The first-order valence-electron chi connectivity index (χ1n) is 4.88. The van der Waals surface area contributed by atoms with E-state index in [4.69, 9.17) is 9.47 Å². The third-order valence-electron chi connectivity index (χ3n) is 1.91. The lowest BCUT2D eigenvalue weighted by atomic mass is 10.2. The largest absolute Gasteiger partial charge is 0.464 e. The maximum Gasteiger partial charge on any atom is 0.188 e. The Morgan fingerprint density at radius 3 is 2.80 bits per heavy atom. The molecule has 0 aliphatic carbocycles. The number of methoxy groups -OCH3 is 1. The van der Waals surface area contributed by atoms with Crippen LogP contribution in [-0.2, 0) is 11.3 Å². The summed E-state index contributed by atoms with van der Waals surface area (Å²) < 4.78 is 23.1. The summed E-state index contributed by atoms with van der Waals surface area (Å²) in [5.41, 5.74) is 0.902. The quantitative estimate of drug-likeness (QED) is 0.732. The molecule has 84 valence electrons. The van der Waals surface area contributed by atoms with E-state index >= 15 is 0 Å². The molecule has 0 spiro atoms. The van der Waals surface area contributed by atoms with Crippen LogP contribution >= 0.6 is 0 Å². The third-order valence-corrected chi connectivity index (χ3v) is 1.91. The van der Waals surface area contributed by atoms with Crippen LogP contribution in [0.5, 0.6) is 5.75 Å². The second kappa shape index (κ2) is 6.37. The Morgan fingerprint density at radius 1 is 1.40 bits per heavy atom. The van der Waals surface area contributed by atoms with E-state index in [2.05, 4.69) is 5.32 Å². The molecule has 0 aromatic heterocycles. The Balaban J connectivity index is 2.61. The summed E-state index contributed by atoms with van der Waals surface area (Å²) in [6.45, 7) is 3.59. The Hall–Kier alpha value is -1.13. The lowest BCUT2D eigenvalue weighted by Gasteiger charge is -2.07. The zero-order valence-corrected chi connectivity index (χ0v) is 9.05. The Morgan fingerprint density at radius 2 is 2.20 bits per heavy atom. The molecule has 0 aliphatic heterocycles. The van der Waals surface area contributed by atoms with E-state index in [0.29, 0.717) is 6.54 Å². The van der Waals surface area contributed by atoms with Crippen molar-refractivity contribution in [1.82, 2.24) is 5.32 Å². The fourth-order valence-electron chi connectivity index (χ4n) is 1.16. The highest BCUT2D eigenvalue weighted by Gasteiger charge is 2.03. The molecule has 0 saturated carbocycles. The van der Waals surface area contributed by atoms with Gasteiger partial charge in [-0.25, -0.2) is 4.39 Å². The van der Waals surface area contributed by atoms with Gasteiger partial charge in [-0.2, -0.15) is 0 Å². The molecule has 1 aromatic rings. The zero-order valence-electron chi connectivity index (χ0n) is 9.05. The van der Waals surface area contributed by atoms with E-state index in [0.717, 1.165) is 12.1 Å². The fourth-order valence-corrected chi connectivity index (χ4v) is 1.16. The number of rotatable bonds is 6. The molecule has 4 heteroatoms. The van der Waals surface area contributed by atoms with Gasteiger partial charge in [-0.1, -0.05) is 13.0 Å². The predicted molar refractivity (Wildman–Crippen MR) is 56.3 cm³/mol. The zero-order chi connectivity index (χ0) is 11.1. The molecular formula is C11H16FNO2. The molecule has 1 aromatic carbocycles. The van der Waals surface area contributed by atoms with Crippen molar-refractivity contribution in [2.24, 2.45) is 0 Å². The lowest BCUT2D eigenvalue weighted by molar-refractivity contribution is 0.0483. The summed E-state index contributed by atoms with van der Waals surface area (Å²) in [7, 11) is 1.50. The van der Waals surface area contributed by atoms with Gasteiger partial charge in [0.25, 0.3) is 0 Å². The minimum atomic E-state index is -0.359. The first-order valence-corrected chi connectivity index (χ1v) is 4.88. The van der Waals surface area contributed by atoms with E-state index in [-0.39, 0.29) is 18.4 Å². The van der Waals surface area contributed by atoms with Crippen molar-refractivity contribution >= 4 is 0 Å². The molecule has 0 saturated heterocycles. The Kier molecular flexibility index (Phi) is 5.07. The van der Waals surface area contributed by atoms with Crippen LogP contribution in [0.1, 0.15) is 12.5 Å². The van der Waals surface area contributed by atoms with Crippen LogP contribution in [0, 0.1) is 5.82 Å². The molecule has 15 heavy (non-hydrogen) atoms. The van der Waals surface area contributed by atoms with E-state index < -0.39 is 0 Å². The van der Waals surface area contributed by atoms with Crippen molar-refractivity contribution in [2.45, 2.75) is 13.5 Å². The normalized spacial score (nSPS) is 10.3. The van der Waals surface area contributed by atoms with E-state index in [1.165, 1.54) is 13.2 Å². The van der Waals surface area contributed by atoms with Gasteiger partial charge >= 0.3 is 0 Å². The van der Waals surface area contributed by atoms with Gasteiger partial charge in [0.2, 0.25) is 0 Å². The first-order chi connectivity index (χ1) is 7.27. The summed E-state index contributed by atoms with van der Waals surface area (Å²) in [5, 5.41) is 3.12. The molecule has 0 atom stereocenters. The molecule has 3 nitrogen and oxygen atoms in total. The molecule has 0 unspecified atom stereocenters. The van der Waals surface area contributed by atoms with Crippen molar-refractivity contribution in [3.05, 3.63) is 29.6 Å². The maximum absolute atomic E-state index is 13.4. The summed E-state index contributed by atoms with van der Waals surface area (Å²) in [4.78, 5) is 0. The van der Waals surface area contributed by atoms with Crippen LogP contribution < -0.4 is 10.1 Å². The standard InChI is InChI=1S/C11H16FNO2/c1-3-13-7-9-4-5-11(10(12)6-9)15-8-14-2/h4-6,13H,3,7-8H2,1-2H3. The molecule has 1 rings (SSSR count). The predicted octanol–water partition coefficient (Wildman–Crippen LogP) is 1.92. The summed E-state index contributed by atoms with van der Waals surface area (Å²) in [6, 6.07) is 4.91. The molecule has 0 aliphatic rings. The highest BCUT2D eigenvalue weighted by molar-refractivity contribution is 5.29. The Bertz CT molecular complexity index is 305. The molecule has 0 radical (unpaired) electrons. The van der Waals surface area contributed by atoms with Gasteiger partial charge in [0.15, 0.2) is 18.4 Å². The van der Waals surface area contributed by atoms with Crippen LogP contribution in [-0.4, -0.2) is 20.4 Å². The molecule has 0 bridgehead atoms. The first kappa shape index (κ1) is 11.9. The second-order valence-corrected chi connectivity index (χ2v) is 3.10. The number of ether oxygens (including phenoxy) is 2. The lowest BCUT2D eigenvalue weighted by Crippen LogP contribution is -2.12. The fraction of sp³-hybridized carbons (Fsp3) is 0.455. The van der Waals surface area contributed by atoms with Crippen LogP contribution in [0.3, 0.4) is 0 Å². The number of halogens is 1. The van der Waals surface area contributed by atoms with Crippen LogP contribution in [0.25, 0.3) is 0 Å². The highest BCUT2D eigenvalue weighted by Crippen LogP contribution is 2.18. The minimum Gasteiger partial charge on any atom is -0.464 e. The molecular weight excluding hydrogens is 197 g/mol. The summed E-state index contributed by atoms with van der Waals surface area (Å²) in [5.74, 6) is -0.139. The number of hydrogen-bond donors (Lipinski definition) is 1. The second-order valence-electron chi connectivity index (χ2n) is 3.10. The maximum atomic E-state index is 13.4. The Labute approximate surface area is 89.2 Å². The summed E-state index contributed by atoms with van der Waals surface area (Å²) in [6.07, 6.45) is 0. The van der Waals surface area contributed by atoms with Crippen molar-refractivity contribution < 1.29 is 13.9 Å². The van der Waals surface area contributed by atoms with E-state index in [9.17, 15) is 4.39 Å². The van der Waals surface area contributed by atoms with Crippen LogP contribution in [0.4, 0.5) is 4.39 Å². The van der Waals surface area contributed by atoms with Gasteiger partial charge in [0, 0.05) is 13.7 Å². The summed E-state index contributed by atoms with van der Waals surface area (Å²) >= 11 is 0. The molecule has 0 fully saturated rings. The van der Waals surface area contributed by atoms with Crippen LogP contribution in [0.15, 0.2) is 18.2 Å². The molecule has 0 heterocycles. The van der Waals surface area contributed by atoms with E-state index in [1.807, 2.05) is 13.0 Å². The van der Waals surface area contributed by atoms with E-state index in [1.54, 1.807) is 6.07 Å². The number of hydrogen-bond acceptors (Lipinski definition) is 3. The van der Waals surface area contributed by atoms with Gasteiger partial charge in [0.1, 0.15) is 0 Å². The smallest absolute Gasteiger partial charge is 0.188 e. The van der Waals surface area contributed by atoms with Gasteiger partial charge in [-0.05, 0) is 24.2 Å². The third kappa shape index (κ3) is 3.85. The van der Waals surface area contributed by atoms with Crippen LogP contribution in [0.2, 0.25) is 0 Å².